The fourth-order valence-corrected chi connectivity index (χ4v) is 4.76. The number of hydrogen-bond donors (Lipinski definition) is 1. The molecule has 1 N–H and O–H groups in total. The van der Waals surface area contributed by atoms with Gasteiger partial charge in [0.25, 0.3) is 0 Å². The Morgan fingerprint density at radius 2 is 1.91 bits per heavy atom. The summed E-state index contributed by atoms with van der Waals surface area (Å²) in [5, 5.41) is 3.32. The predicted octanol–water partition coefficient (Wildman–Crippen LogP) is 4.53. The molecule has 0 bridgehead atoms. The molecule has 33 heavy (non-hydrogen) atoms. The highest BCUT2D eigenvalue weighted by Gasteiger charge is 2.42. The zero-order valence-electron chi connectivity index (χ0n) is 19.6. The molecule has 174 valence electrons. The molecule has 7 nitrogen and oxygen atoms in total. The fraction of sp³-hybridized carbons (Fsp3) is 0.385. The standard InChI is InChI=1S/C26H29NO6/c1-6-32-20-10-8-16(13-22(20)30-4)17-11-18-24(19(28)12-17)25(21-9-7-14(2)33-21)23(15(3)27-18)26(29)31-5/h7-10,13,17,25,27H,6,11-12H2,1-5H3/t17-,25+/m0/s1. The van der Waals surface area contributed by atoms with Crippen molar-refractivity contribution in [1.29, 1.82) is 0 Å². The molecule has 1 aliphatic heterocycles. The molecule has 2 aliphatic rings. The van der Waals surface area contributed by atoms with Gasteiger partial charge in [-0.15, -0.1) is 0 Å². The van der Waals surface area contributed by atoms with E-state index in [1.807, 2.05) is 51.1 Å². The van der Waals surface area contributed by atoms with E-state index in [1.165, 1.54) is 7.11 Å². The first-order valence-corrected chi connectivity index (χ1v) is 11.1. The molecule has 0 fully saturated rings. The third kappa shape index (κ3) is 4.15. The maximum atomic E-state index is 13.5. The molecule has 2 aromatic rings. The summed E-state index contributed by atoms with van der Waals surface area (Å²) in [6.07, 6.45) is 0.946. The largest absolute Gasteiger partial charge is 0.493 e. The second kappa shape index (κ2) is 9.17. The lowest BCUT2D eigenvalue weighted by Gasteiger charge is -2.35. The van der Waals surface area contributed by atoms with Gasteiger partial charge in [-0.2, -0.15) is 0 Å². The lowest BCUT2D eigenvalue weighted by molar-refractivity contribution is -0.136. The van der Waals surface area contributed by atoms with Gasteiger partial charge >= 0.3 is 5.97 Å². The number of Topliss-reactive ketones (excluding diaryl/α,β-unsaturated/α-hetero) is 1. The van der Waals surface area contributed by atoms with E-state index in [0.717, 1.165) is 17.0 Å². The molecule has 4 rings (SSSR count). The monoisotopic (exact) mass is 451 g/mol. The van der Waals surface area contributed by atoms with Crippen molar-refractivity contribution in [1.82, 2.24) is 5.32 Å². The first kappa shape index (κ1) is 22.7. The number of carbonyl (C=O) groups is 2. The lowest BCUT2D eigenvalue weighted by atomic mass is 9.73. The Kier molecular flexibility index (Phi) is 6.31. The van der Waals surface area contributed by atoms with Crippen LogP contribution in [0.3, 0.4) is 0 Å². The third-order valence-electron chi connectivity index (χ3n) is 6.24. The number of nitrogens with one attached hydrogen (secondary N) is 1. The minimum absolute atomic E-state index is 0.0189. The Labute approximate surface area is 193 Å². The van der Waals surface area contributed by atoms with Crippen LogP contribution in [0.25, 0.3) is 0 Å². The second-order valence-corrected chi connectivity index (χ2v) is 8.30. The second-order valence-electron chi connectivity index (χ2n) is 8.30. The molecule has 2 atom stereocenters. The van der Waals surface area contributed by atoms with Crippen LogP contribution in [0.2, 0.25) is 0 Å². The number of furan rings is 1. The fourth-order valence-electron chi connectivity index (χ4n) is 4.76. The average molecular weight is 452 g/mol. The van der Waals surface area contributed by atoms with E-state index in [4.69, 9.17) is 18.6 Å². The van der Waals surface area contributed by atoms with Gasteiger partial charge in [-0.25, -0.2) is 4.79 Å². The van der Waals surface area contributed by atoms with Gasteiger partial charge in [0.2, 0.25) is 0 Å². The number of aryl methyl sites for hydroxylation is 1. The van der Waals surface area contributed by atoms with Crippen LogP contribution >= 0.6 is 0 Å². The van der Waals surface area contributed by atoms with Crippen LogP contribution in [0, 0.1) is 6.92 Å². The van der Waals surface area contributed by atoms with Crippen molar-refractivity contribution in [3.8, 4) is 11.5 Å². The molecule has 1 aliphatic carbocycles. The number of ketones is 1. The number of ether oxygens (including phenoxy) is 3. The molecular weight excluding hydrogens is 422 g/mol. The van der Waals surface area contributed by atoms with Crippen LogP contribution in [0.5, 0.6) is 11.5 Å². The van der Waals surface area contributed by atoms with Gasteiger partial charge in [0, 0.05) is 23.4 Å². The highest BCUT2D eigenvalue weighted by molar-refractivity contribution is 6.04. The van der Waals surface area contributed by atoms with Crippen LogP contribution in [0.15, 0.2) is 57.3 Å². The molecule has 1 aromatic carbocycles. The van der Waals surface area contributed by atoms with Gasteiger partial charge in [-0.1, -0.05) is 6.07 Å². The Hall–Kier alpha value is -3.48. The maximum Gasteiger partial charge on any atom is 0.336 e. The van der Waals surface area contributed by atoms with Crippen molar-refractivity contribution in [2.45, 2.75) is 45.4 Å². The number of carbonyl (C=O) groups excluding carboxylic acids is 2. The highest BCUT2D eigenvalue weighted by atomic mass is 16.5. The van der Waals surface area contributed by atoms with E-state index in [0.29, 0.717) is 53.6 Å². The van der Waals surface area contributed by atoms with Gasteiger partial charge in [-0.3, -0.25) is 4.79 Å². The van der Waals surface area contributed by atoms with E-state index in [-0.39, 0.29) is 11.7 Å². The van der Waals surface area contributed by atoms with Crippen LogP contribution in [0.1, 0.15) is 55.6 Å². The van der Waals surface area contributed by atoms with E-state index < -0.39 is 11.9 Å². The Bertz CT molecular complexity index is 1160. The van der Waals surface area contributed by atoms with Crippen molar-refractivity contribution in [3.63, 3.8) is 0 Å². The number of esters is 1. The number of allylic oxidation sites excluding steroid dienone is 3. The Morgan fingerprint density at radius 1 is 1.12 bits per heavy atom. The van der Waals surface area contributed by atoms with Crippen molar-refractivity contribution in [2.75, 3.05) is 20.8 Å². The van der Waals surface area contributed by atoms with Crippen LogP contribution in [-0.4, -0.2) is 32.6 Å². The van der Waals surface area contributed by atoms with Crippen molar-refractivity contribution in [3.05, 3.63) is 70.0 Å². The SMILES string of the molecule is CCOc1ccc([C@@H]2CC(=O)C3=C(C2)NC(C)=C(C(=O)OC)[C@H]3c2ccc(C)o2)cc1OC. The molecular formula is C26H29NO6. The zero-order valence-corrected chi connectivity index (χ0v) is 19.6. The molecule has 0 spiro atoms. The first-order valence-electron chi connectivity index (χ1n) is 11.1. The predicted molar refractivity (Wildman–Crippen MR) is 122 cm³/mol. The topological polar surface area (TPSA) is 87.0 Å². The lowest BCUT2D eigenvalue weighted by Crippen LogP contribution is -2.35. The van der Waals surface area contributed by atoms with Crippen LogP contribution < -0.4 is 14.8 Å². The van der Waals surface area contributed by atoms with Crippen LogP contribution in [-0.2, 0) is 14.3 Å². The van der Waals surface area contributed by atoms with Gasteiger partial charge in [0.05, 0.1) is 32.3 Å². The van der Waals surface area contributed by atoms with Gasteiger partial charge in [0.15, 0.2) is 17.3 Å². The van der Waals surface area contributed by atoms with E-state index in [9.17, 15) is 9.59 Å². The summed E-state index contributed by atoms with van der Waals surface area (Å²) >= 11 is 0. The van der Waals surface area contributed by atoms with Crippen molar-refractivity contribution < 1.29 is 28.2 Å². The number of rotatable bonds is 6. The summed E-state index contributed by atoms with van der Waals surface area (Å²) in [5.41, 5.74) is 3.46. The van der Waals surface area contributed by atoms with Gasteiger partial charge < -0.3 is 23.9 Å². The zero-order chi connectivity index (χ0) is 23.7. The molecule has 0 saturated carbocycles. The summed E-state index contributed by atoms with van der Waals surface area (Å²) in [7, 11) is 2.95. The van der Waals surface area contributed by atoms with E-state index in [2.05, 4.69) is 5.32 Å². The quantitative estimate of drug-likeness (QED) is 0.646. The number of hydrogen-bond acceptors (Lipinski definition) is 7. The average Bonchev–Trinajstić information content (AvgIpc) is 3.23. The van der Waals surface area contributed by atoms with E-state index in [1.54, 1.807) is 7.11 Å². The van der Waals surface area contributed by atoms with Crippen LogP contribution in [0.4, 0.5) is 0 Å². The smallest absolute Gasteiger partial charge is 0.336 e. The number of methoxy groups -OCH3 is 2. The first-order chi connectivity index (χ1) is 15.9. The molecule has 1 aromatic heterocycles. The summed E-state index contributed by atoms with van der Waals surface area (Å²) in [6.45, 7) is 6.13. The Balaban J connectivity index is 1.74. The van der Waals surface area contributed by atoms with Crippen molar-refractivity contribution >= 4 is 11.8 Å². The highest BCUT2D eigenvalue weighted by Crippen LogP contribution is 2.46. The van der Waals surface area contributed by atoms with Gasteiger partial charge in [-0.05, 0) is 62.9 Å². The molecule has 0 radical (unpaired) electrons. The molecule has 0 saturated heterocycles. The Morgan fingerprint density at radius 3 is 2.55 bits per heavy atom. The third-order valence-corrected chi connectivity index (χ3v) is 6.24. The normalized spacial score (nSPS) is 20.3. The number of benzene rings is 1. The van der Waals surface area contributed by atoms with Gasteiger partial charge in [0.1, 0.15) is 11.5 Å². The molecule has 2 heterocycles. The molecule has 7 heteroatoms. The summed E-state index contributed by atoms with van der Waals surface area (Å²) < 4.78 is 22.1. The minimum atomic E-state index is -0.592. The van der Waals surface area contributed by atoms with E-state index >= 15 is 0 Å². The number of dihydropyridines is 1. The minimum Gasteiger partial charge on any atom is -0.493 e. The maximum absolute atomic E-state index is 13.5. The summed E-state index contributed by atoms with van der Waals surface area (Å²) in [5.74, 6) is 1.49. The molecule has 0 unspecified atom stereocenters. The van der Waals surface area contributed by atoms with Crippen molar-refractivity contribution in [2.24, 2.45) is 0 Å². The molecule has 0 amide bonds. The summed E-state index contributed by atoms with van der Waals surface area (Å²) in [4.78, 5) is 26.2. The summed E-state index contributed by atoms with van der Waals surface area (Å²) in [6, 6.07) is 9.46.